The minimum atomic E-state index is -0.359. The second-order valence-electron chi connectivity index (χ2n) is 5.31. The van der Waals surface area contributed by atoms with Crippen molar-refractivity contribution < 1.29 is 13.5 Å². The first kappa shape index (κ1) is 15.5. The van der Waals surface area contributed by atoms with Gasteiger partial charge in [0.25, 0.3) is 0 Å². The third-order valence-electron chi connectivity index (χ3n) is 3.38. The summed E-state index contributed by atoms with van der Waals surface area (Å²) in [5, 5.41) is 3.27. The summed E-state index contributed by atoms with van der Waals surface area (Å²) in [6.07, 6.45) is 1.75. The lowest BCUT2D eigenvalue weighted by Gasteiger charge is -2.14. The number of hydrogen-bond acceptors (Lipinski definition) is 4. The van der Waals surface area contributed by atoms with Crippen molar-refractivity contribution in [3.05, 3.63) is 47.4 Å². The highest BCUT2D eigenvalue weighted by atomic mass is 19.1. The number of nitrogens with one attached hydrogen (secondary N) is 1. The highest BCUT2D eigenvalue weighted by molar-refractivity contribution is 5.30. The first-order valence-corrected chi connectivity index (χ1v) is 7.02. The van der Waals surface area contributed by atoms with Crippen LogP contribution in [0.2, 0.25) is 0 Å². The van der Waals surface area contributed by atoms with Crippen molar-refractivity contribution in [2.75, 3.05) is 7.11 Å². The first-order valence-electron chi connectivity index (χ1n) is 7.02. The Morgan fingerprint density at radius 2 is 2.10 bits per heavy atom. The number of aromatic nitrogens is 1. The molecule has 1 atom stereocenters. The predicted octanol–water partition coefficient (Wildman–Crippen LogP) is 3.80. The fourth-order valence-electron chi connectivity index (χ4n) is 1.98. The fourth-order valence-corrected chi connectivity index (χ4v) is 1.98. The molecule has 21 heavy (non-hydrogen) atoms. The van der Waals surface area contributed by atoms with Crippen LogP contribution in [0.4, 0.5) is 4.39 Å². The lowest BCUT2D eigenvalue weighted by Crippen LogP contribution is -2.18. The van der Waals surface area contributed by atoms with Gasteiger partial charge in [0.05, 0.1) is 19.9 Å². The maximum Gasteiger partial charge on any atom is 0.208 e. The molecule has 1 heterocycles. The van der Waals surface area contributed by atoms with E-state index in [1.807, 2.05) is 13.0 Å². The van der Waals surface area contributed by atoms with Gasteiger partial charge in [-0.3, -0.25) is 0 Å². The fraction of sp³-hybridized carbons (Fsp3) is 0.438. The topological polar surface area (TPSA) is 47.3 Å². The van der Waals surface area contributed by atoms with Gasteiger partial charge in [0, 0.05) is 12.0 Å². The standard InChI is InChI=1S/C16H21FN2O2/c1-10(2)15-8-19-16(21-15)9-18-11(3)12-5-6-14(20-4)13(17)7-12/h5-8,10-11,18H,9H2,1-4H3. The smallest absolute Gasteiger partial charge is 0.208 e. The number of ether oxygens (including phenoxy) is 1. The van der Waals surface area contributed by atoms with Gasteiger partial charge in [0.15, 0.2) is 11.6 Å². The Labute approximate surface area is 124 Å². The van der Waals surface area contributed by atoms with Crippen LogP contribution in [0.15, 0.2) is 28.8 Å². The predicted molar refractivity (Wildman–Crippen MR) is 78.8 cm³/mol. The van der Waals surface area contributed by atoms with E-state index >= 15 is 0 Å². The Hall–Kier alpha value is -1.88. The Kier molecular flexibility index (Phi) is 4.96. The molecule has 1 unspecified atom stereocenters. The van der Waals surface area contributed by atoms with Crippen LogP contribution in [-0.4, -0.2) is 12.1 Å². The van der Waals surface area contributed by atoms with Gasteiger partial charge in [-0.05, 0) is 24.6 Å². The van der Waals surface area contributed by atoms with Crippen molar-refractivity contribution in [3.8, 4) is 5.75 Å². The van der Waals surface area contributed by atoms with Crippen LogP contribution in [0, 0.1) is 5.82 Å². The Morgan fingerprint density at radius 1 is 1.33 bits per heavy atom. The minimum absolute atomic E-state index is 0.0141. The molecule has 5 heteroatoms. The summed E-state index contributed by atoms with van der Waals surface area (Å²) in [6, 6.07) is 4.94. The van der Waals surface area contributed by atoms with Gasteiger partial charge in [0.2, 0.25) is 5.89 Å². The lowest BCUT2D eigenvalue weighted by molar-refractivity contribution is 0.384. The highest BCUT2D eigenvalue weighted by Gasteiger charge is 2.12. The number of nitrogens with zero attached hydrogens (tertiary/aromatic N) is 1. The van der Waals surface area contributed by atoms with E-state index in [2.05, 4.69) is 24.1 Å². The zero-order chi connectivity index (χ0) is 15.4. The molecule has 0 bridgehead atoms. The third kappa shape index (κ3) is 3.82. The van der Waals surface area contributed by atoms with E-state index in [1.54, 1.807) is 12.3 Å². The number of oxazole rings is 1. The van der Waals surface area contributed by atoms with Crippen LogP contribution in [0.1, 0.15) is 49.9 Å². The molecule has 0 saturated carbocycles. The second kappa shape index (κ2) is 6.72. The molecule has 0 saturated heterocycles. The van der Waals surface area contributed by atoms with Crippen molar-refractivity contribution >= 4 is 0 Å². The van der Waals surface area contributed by atoms with E-state index in [4.69, 9.17) is 9.15 Å². The molecule has 0 aliphatic heterocycles. The van der Waals surface area contributed by atoms with Gasteiger partial charge in [-0.2, -0.15) is 0 Å². The SMILES string of the molecule is COc1ccc(C(C)NCc2ncc(C(C)C)o2)cc1F. The van der Waals surface area contributed by atoms with Crippen LogP contribution < -0.4 is 10.1 Å². The first-order chi connectivity index (χ1) is 10.0. The lowest BCUT2D eigenvalue weighted by atomic mass is 10.1. The molecule has 2 rings (SSSR count). The normalized spacial score (nSPS) is 12.7. The van der Waals surface area contributed by atoms with E-state index in [0.717, 1.165) is 11.3 Å². The van der Waals surface area contributed by atoms with Crippen LogP contribution in [0.25, 0.3) is 0 Å². The van der Waals surface area contributed by atoms with Crippen molar-refractivity contribution in [2.24, 2.45) is 0 Å². The maximum absolute atomic E-state index is 13.7. The van der Waals surface area contributed by atoms with Crippen molar-refractivity contribution in [2.45, 2.75) is 39.3 Å². The number of hydrogen-bond donors (Lipinski definition) is 1. The second-order valence-corrected chi connectivity index (χ2v) is 5.31. The van der Waals surface area contributed by atoms with E-state index in [9.17, 15) is 4.39 Å². The quantitative estimate of drug-likeness (QED) is 0.879. The molecule has 0 fully saturated rings. The van der Waals surface area contributed by atoms with Crippen LogP contribution in [-0.2, 0) is 6.54 Å². The zero-order valence-corrected chi connectivity index (χ0v) is 12.8. The molecule has 2 aromatic rings. The van der Waals surface area contributed by atoms with Crippen LogP contribution in [0.3, 0.4) is 0 Å². The average molecular weight is 292 g/mol. The molecule has 0 aliphatic carbocycles. The van der Waals surface area contributed by atoms with Gasteiger partial charge in [-0.1, -0.05) is 19.9 Å². The number of halogens is 1. The van der Waals surface area contributed by atoms with E-state index in [1.165, 1.54) is 13.2 Å². The molecule has 0 radical (unpaired) electrons. The zero-order valence-electron chi connectivity index (χ0n) is 12.8. The molecule has 0 amide bonds. The molecular weight excluding hydrogens is 271 g/mol. The average Bonchev–Trinajstić information content (AvgIpc) is 2.93. The van der Waals surface area contributed by atoms with Gasteiger partial charge in [0.1, 0.15) is 5.76 Å². The highest BCUT2D eigenvalue weighted by Crippen LogP contribution is 2.22. The van der Waals surface area contributed by atoms with Gasteiger partial charge >= 0.3 is 0 Å². The third-order valence-corrected chi connectivity index (χ3v) is 3.38. The molecule has 1 N–H and O–H groups in total. The molecule has 4 nitrogen and oxygen atoms in total. The summed E-state index contributed by atoms with van der Waals surface area (Å²) < 4.78 is 24.2. The van der Waals surface area contributed by atoms with E-state index in [-0.39, 0.29) is 17.6 Å². The molecule has 1 aromatic heterocycles. The Bertz CT molecular complexity index is 596. The summed E-state index contributed by atoms with van der Waals surface area (Å²) >= 11 is 0. The van der Waals surface area contributed by atoms with Crippen molar-refractivity contribution in [1.29, 1.82) is 0 Å². The van der Waals surface area contributed by atoms with Crippen LogP contribution in [0.5, 0.6) is 5.75 Å². The van der Waals surface area contributed by atoms with Crippen LogP contribution >= 0.6 is 0 Å². The number of benzene rings is 1. The van der Waals surface area contributed by atoms with Gasteiger partial charge in [-0.25, -0.2) is 9.37 Å². The molecule has 0 aliphatic rings. The Balaban J connectivity index is 1.97. The summed E-state index contributed by atoms with van der Waals surface area (Å²) in [6.45, 7) is 6.58. The van der Waals surface area contributed by atoms with Crippen molar-refractivity contribution in [3.63, 3.8) is 0 Å². The largest absolute Gasteiger partial charge is 0.494 e. The van der Waals surface area contributed by atoms with Gasteiger partial charge < -0.3 is 14.5 Å². The van der Waals surface area contributed by atoms with Crippen molar-refractivity contribution in [1.82, 2.24) is 10.3 Å². The van der Waals surface area contributed by atoms with E-state index < -0.39 is 0 Å². The molecule has 1 aromatic carbocycles. The summed E-state index contributed by atoms with van der Waals surface area (Å²) in [7, 11) is 1.45. The summed E-state index contributed by atoms with van der Waals surface area (Å²) in [5.41, 5.74) is 0.851. The minimum Gasteiger partial charge on any atom is -0.494 e. The number of rotatable bonds is 6. The molecule has 114 valence electrons. The number of methoxy groups -OCH3 is 1. The molecular formula is C16H21FN2O2. The van der Waals surface area contributed by atoms with Gasteiger partial charge in [-0.15, -0.1) is 0 Å². The van der Waals surface area contributed by atoms with E-state index in [0.29, 0.717) is 18.4 Å². The monoisotopic (exact) mass is 292 g/mol. The molecule has 0 spiro atoms. The Morgan fingerprint density at radius 3 is 2.67 bits per heavy atom. The summed E-state index contributed by atoms with van der Waals surface area (Å²) in [5.74, 6) is 1.72. The summed E-state index contributed by atoms with van der Waals surface area (Å²) in [4.78, 5) is 4.22. The maximum atomic E-state index is 13.7.